The van der Waals surface area contributed by atoms with Crippen molar-refractivity contribution in [1.29, 1.82) is 0 Å². The number of fused-ring (bicyclic) bond motifs is 1. The van der Waals surface area contributed by atoms with Gasteiger partial charge in [0.15, 0.2) is 0 Å². The highest BCUT2D eigenvalue weighted by molar-refractivity contribution is 6.22. The van der Waals surface area contributed by atoms with Gasteiger partial charge in [-0.1, -0.05) is 60.7 Å². The third kappa shape index (κ3) is 5.20. The number of hydrogen-bond acceptors (Lipinski definition) is 4. The summed E-state index contributed by atoms with van der Waals surface area (Å²) in [7, 11) is 0. The first-order valence-corrected chi connectivity index (χ1v) is 12.2. The van der Waals surface area contributed by atoms with Crippen LogP contribution in [0.3, 0.4) is 0 Å². The van der Waals surface area contributed by atoms with Gasteiger partial charge in [-0.3, -0.25) is 24.1 Å². The fraction of sp³-hybridized carbons (Fsp3) is 0.241. The molecule has 5 rings (SSSR count). The molecular weight excluding hydrogens is 454 g/mol. The summed E-state index contributed by atoms with van der Waals surface area (Å²) in [5.74, 6) is -1.46. The molecule has 3 aromatic carbocycles. The van der Waals surface area contributed by atoms with Crippen LogP contribution in [0.25, 0.3) is 0 Å². The Hall–Kier alpha value is -4.26. The van der Waals surface area contributed by atoms with E-state index < -0.39 is 17.9 Å². The fourth-order valence-electron chi connectivity index (χ4n) is 4.35. The van der Waals surface area contributed by atoms with Gasteiger partial charge in [0.25, 0.3) is 17.7 Å². The van der Waals surface area contributed by atoms with Crippen molar-refractivity contribution in [1.82, 2.24) is 15.5 Å². The first-order chi connectivity index (χ1) is 17.5. The van der Waals surface area contributed by atoms with Crippen molar-refractivity contribution in [2.75, 3.05) is 6.54 Å². The molecule has 7 heteroatoms. The Balaban J connectivity index is 1.30. The number of carbonyl (C=O) groups excluding carboxylic acids is 4. The van der Waals surface area contributed by atoms with Gasteiger partial charge in [0, 0.05) is 24.6 Å². The lowest BCUT2D eigenvalue weighted by Crippen LogP contribution is -2.48. The molecule has 1 saturated carbocycles. The van der Waals surface area contributed by atoms with Gasteiger partial charge in [0.1, 0.15) is 6.04 Å². The minimum atomic E-state index is -0.756. The van der Waals surface area contributed by atoms with E-state index in [0.29, 0.717) is 12.8 Å². The van der Waals surface area contributed by atoms with Crippen LogP contribution in [-0.2, 0) is 17.6 Å². The van der Waals surface area contributed by atoms with Crippen LogP contribution in [0.4, 0.5) is 0 Å². The van der Waals surface area contributed by atoms with E-state index in [9.17, 15) is 19.2 Å². The standard InChI is InChI=1S/C29H27N3O4/c33-26(31-25(27(34)30-22-12-13-22)17-20-9-5-2-6-10-20)21-11-14-23-24(18-21)29(36)32(28(23)35)16-15-19-7-3-1-4-8-19/h1-11,14,18,22,25H,12-13,15-17H2,(H,30,34)(H,31,33). The predicted octanol–water partition coefficient (Wildman–Crippen LogP) is 3.15. The van der Waals surface area contributed by atoms with Crippen LogP contribution in [0, 0.1) is 0 Å². The van der Waals surface area contributed by atoms with Crippen molar-refractivity contribution in [3.05, 3.63) is 107 Å². The molecule has 2 N–H and O–H groups in total. The maximum absolute atomic E-state index is 13.1. The number of amides is 4. The Bertz CT molecular complexity index is 1300. The zero-order valence-corrected chi connectivity index (χ0v) is 19.8. The maximum Gasteiger partial charge on any atom is 0.261 e. The van der Waals surface area contributed by atoms with Crippen LogP contribution in [0.15, 0.2) is 78.9 Å². The van der Waals surface area contributed by atoms with E-state index in [-0.39, 0.29) is 41.1 Å². The quantitative estimate of drug-likeness (QED) is 0.459. The molecule has 1 atom stereocenters. The molecule has 1 aliphatic carbocycles. The van der Waals surface area contributed by atoms with Crippen molar-refractivity contribution >= 4 is 23.6 Å². The number of carbonyl (C=O) groups is 4. The van der Waals surface area contributed by atoms with Gasteiger partial charge in [-0.15, -0.1) is 0 Å². The van der Waals surface area contributed by atoms with Gasteiger partial charge in [0.05, 0.1) is 11.1 Å². The lowest BCUT2D eigenvalue weighted by molar-refractivity contribution is -0.123. The fourth-order valence-corrected chi connectivity index (χ4v) is 4.35. The molecular formula is C29H27N3O4. The summed E-state index contributed by atoms with van der Waals surface area (Å²) in [5.41, 5.74) is 2.69. The average Bonchev–Trinajstić information content (AvgIpc) is 3.69. The van der Waals surface area contributed by atoms with Crippen molar-refractivity contribution in [2.24, 2.45) is 0 Å². The van der Waals surface area contributed by atoms with Gasteiger partial charge >= 0.3 is 0 Å². The lowest BCUT2D eigenvalue weighted by atomic mass is 10.0. The largest absolute Gasteiger partial charge is 0.352 e. The Morgan fingerprint density at radius 1 is 0.833 bits per heavy atom. The van der Waals surface area contributed by atoms with Crippen LogP contribution in [0.1, 0.15) is 55.0 Å². The van der Waals surface area contributed by atoms with E-state index in [0.717, 1.165) is 24.0 Å². The molecule has 1 fully saturated rings. The van der Waals surface area contributed by atoms with Crippen molar-refractivity contribution in [3.8, 4) is 0 Å². The molecule has 36 heavy (non-hydrogen) atoms. The highest BCUT2D eigenvalue weighted by Crippen LogP contribution is 2.25. The summed E-state index contributed by atoms with van der Waals surface area (Å²) in [4.78, 5) is 53.1. The molecule has 1 aliphatic heterocycles. The van der Waals surface area contributed by atoms with Crippen LogP contribution >= 0.6 is 0 Å². The topological polar surface area (TPSA) is 95.6 Å². The van der Waals surface area contributed by atoms with E-state index in [1.165, 1.54) is 23.1 Å². The molecule has 0 saturated heterocycles. The van der Waals surface area contributed by atoms with Crippen LogP contribution < -0.4 is 10.6 Å². The molecule has 182 valence electrons. The zero-order valence-electron chi connectivity index (χ0n) is 19.8. The van der Waals surface area contributed by atoms with Gasteiger partial charge in [0.2, 0.25) is 5.91 Å². The predicted molar refractivity (Wildman–Crippen MR) is 135 cm³/mol. The minimum Gasteiger partial charge on any atom is -0.352 e. The van der Waals surface area contributed by atoms with E-state index in [4.69, 9.17) is 0 Å². The van der Waals surface area contributed by atoms with E-state index in [1.54, 1.807) is 0 Å². The Morgan fingerprint density at radius 3 is 2.14 bits per heavy atom. The minimum absolute atomic E-state index is 0.165. The summed E-state index contributed by atoms with van der Waals surface area (Å²) in [5, 5.41) is 5.79. The first-order valence-electron chi connectivity index (χ1n) is 12.2. The number of imide groups is 1. The average molecular weight is 482 g/mol. The number of benzene rings is 3. The molecule has 1 unspecified atom stereocenters. The van der Waals surface area contributed by atoms with E-state index >= 15 is 0 Å². The normalized spacial score (nSPS) is 15.4. The monoisotopic (exact) mass is 481 g/mol. The molecule has 0 aromatic heterocycles. The Morgan fingerprint density at radius 2 is 1.47 bits per heavy atom. The third-order valence-corrected chi connectivity index (χ3v) is 6.53. The van der Waals surface area contributed by atoms with Crippen molar-refractivity contribution < 1.29 is 19.2 Å². The van der Waals surface area contributed by atoms with Gasteiger partial charge in [-0.2, -0.15) is 0 Å². The molecule has 1 heterocycles. The van der Waals surface area contributed by atoms with E-state index in [1.807, 2.05) is 60.7 Å². The van der Waals surface area contributed by atoms with Crippen LogP contribution in [0.5, 0.6) is 0 Å². The third-order valence-electron chi connectivity index (χ3n) is 6.53. The lowest BCUT2D eigenvalue weighted by Gasteiger charge is -2.19. The van der Waals surface area contributed by atoms with Gasteiger partial charge in [-0.05, 0) is 48.6 Å². The molecule has 0 radical (unpaired) electrons. The second-order valence-electron chi connectivity index (χ2n) is 9.26. The number of hydrogen-bond donors (Lipinski definition) is 2. The highest BCUT2D eigenvalue weighted by atomic mass is 16.2. The summed E-state index contributed by atoms with van der Waals surface area (Å²) < 4.78 is 0. The van der Waals surface area contributed by atoms with Gasteiger partial charge < -0.3 is 10.6 Å². The molecule has 2 aliphatic rings. The summed E-state index contributed by atoms with van der Waals surface area (Å²) in [6, 6.07) is 23.0. The number of nitrogens with one attached hydrogen (secondary N) is 2. The molecule has 4 amide bonds. The van der Waals surface area contributed by atoms with Crippen molar-refractivity contribution in [3.63, 3.8) is 0 Å². The SMILES string of the molecule is O=C(NC(Cc1ccccc1)C(=O)NC1CC1)c1ccc2c(c1)C(=O)N(CCc1ccccc1)C2=O. The van der Waals surface area contributed by atoms with Gasteiger partial charge in [-0.25, -0.2) is 0 Å². The molecule has 0 bridgehead atoms. The van der Waals surface area contributed by atoms with Crippen LogP contribution in [0.2, 0.25) is 0 Å². The Kier molecular flexibility index (Phi) is 6.62. The second-order valence-corrected chi connectivity index (χ2v) is 9.26. The van der Waals surface area contributed by atoms with E-state index in [2.05, 4.69) is 10.6 Å². The van der Waals surface area contributed by atoms with Crippen molar-refractivity contribution in [2.45, 2.75) is 37.8 Å². The second kappa shape index (κ2) is 10.2. The first kappa shape index (κ1) is 23.5. The number of rotatable bonds is 9. The molecule has 7 nitrogen and oxygen atoms in total. The Labute approximate surface area is 209 Å². The summed E-state index contributed by atoms with van der Waals surface area (Å²) in [6.07, 6.45) is 2.79. The zero-order chi connectivity index (χ0) is 25.1. The van der Waals surface area contributed by atoms with Crippen LogP contribution in [-0.4, -0.2) is 47.2 Å². The summed E-state index contributed by atoms with van der Waals surface area (Å²) in [6.45, 7) is 0.262. The highest BCUT2D eigenvalue weighted by Gasteiger charge is 2.36. The smallest absolute Gasteiger partial charge is 0.261 e. The maximum atomic E-state index is 13.1. The number of nitrogens with zero attached hydrogens (tertiary/aromatic N) is 1. The summed E-state index contributed by atoms with van der Waals surface area (Å²) >= 11 is 0. The molecule has 0 spiro atoms. The molecule has 3 aromatic rings.